The maximum Gasteiger partial charge on any atom is 0.338 e. The Morgan fingerprint density at radius 3 is 2.28 bits per heavy atom. The Hall–Kier alpha value is -2.41. The highest BCUT2D eigenvalue weighted by Crippen LogP contribution is 2.18. The van der Waals surface area contributed by atoms with E-state index < -0.39 is 5.97 Å². The molecule has 2 rings (SSSR count). The van der Waals surface area contributed by atoms with Crippen molar-refractivity contribution in [1.29, 1.82) is 0 Å². The highest BCUT2D eigenvalue weighted by molar-refractivity contribution is 5.93. The lowest BCUT2D eigenvalue weighted by molar-refractivity contribution is -0.862. The summed E-state index contributed by atoms with van der Waals surface area (Å²) in [4.78, 5) is 36.3. The van der Waals surface area contributed by atoms with Gasteiger partial charge in [-0.25, -0.2) is 4.79 Å². The first kappa shape index (κ1) is 18.9. The number of quaternary nitrogens is 1. The zero-order chi connectivity index (χ0) is 18.4. The molecule has 0 spiro atoms. The average Bonchev–Trinajstić information content (AvgIpc) is 3.30. The lowest BCUT2D eigenvalue weighted by Gasteiger charge is -2.13. The van der Waals surface area contributed by atoms with Gasteiger partial charge in [0.05, 0.1) is 18.7 Å². The van der Waals surface area contributed by atoms with E-state index in [0.717, 1.165) is 17.7 Å². The van der Waals surface area contributed by atoms with Crippen molar-refractivity contribution in [3.63, 3.8) is 0 Å². The third-order valence-electron chi connectivity index (χ3n) is 3.61. The maximum atomic E-state index is 12.0. The van der Waals surface area contributed by atoms with E-state index in [1.807, 2.05) is 0 Å². The topological polar surface area (TPSA) is 88.9 Å². The van der Waals surface area contributed by atoms with E-state index in [1.54, 1.807) is 45.2 Å². The van der Waals surface area contributed by atoms with Crippen LogP contribution in [0.25, 0.3) is 0 Å². The lowest BCUT2D eigenvalue weighted by atomic mass is 10.2. The smallest absolute Gasteiger partial charge is 0.338 e. The van der Waals surface area contributed by atoms with Gasteiger partial charge in [0.25, 0.3) is 11.8 Å². The lowest BCUT2D eigenvalue weighted by Crippen LogP contribution is -3.11. The van der Waals surface area contributed by atoms with Crippen LogP contribution in [-0.4, -0.2) is 50.1 Å². The number of ether oxygens (including phenoxy) is 1. The van der Waals surface area contributed by atoms with Gasteiger partial charge in [-0.2, -0.15) is 0 Å². The molecule has 0 heterocycles. The van der Waals surface area contributed by atoms with Crippen molar-refractivity contribution >= 4 is 23.5 Å². The zero-order valence-electron chi connectivity index (χ0n) is 14.9. The molecule has 2 amide bonds. The molecular formula is C18H26N3O4+. The molecule has 0 saturated heterocycles. The van der Waals surface area contributed by atoms with Gasteiger partial charge in [-0.3, -0.25) is 9.59 Å². The summed E-state index contributed by atoms with van der Waals surface area (Å²) in [6.07, 6.45) is 1.92. The summed E-state index contributed by atoms with van der Waals surface area (Å²) in [5.74, 6) is -0.603. The fourth-order valence-corrected chi connectivity index (χ4v) is 2.29. The minimum Gasteiger partial charge on any atom is -0.459 e. The minimum absolute atomic E-state index is 0.0270. The van der Waals surface area contributed by atoms with Gasteiger partial charge >= 0.3 is 5.97 Å². The van der Waals surface area contributed by atoms with Gasteiger partial charge in [0.15, 0.2) is 13.1 Å². The highest BCUT2D eigenvalue weighted by atomic mass is 16.5. The van der Waals surface area contributed by atoms with E-state index >= 15 is 0 Å². The van der Waals surface area contributed by atoms with Gasteiger partial charge in [-0.05, 0) is 51.0 Å². The van der Waals surface area contributed by atoms with Crippen LogP contribution in [0.3, 0.4) is 0 Å². The number of esters is 1. The quantitative estimate of drug-likeness (QED) is 0.576. The molecule has 1 aliphatic rings. The van der Waals surface area contributed by atoms with Gasteiger partial charge in [-0.15, -0.1) is 0 Å². The first-order chi connectivity index (χ1) is 11.8. The summed E-state index contributed by atoms with van der Waals surface area (Å²) >= 11 is 0. The van der Waals surface area contributed by atoms with Crippen LogP contribution < -0.4 is 15.5 Å². The number of anilines is 1. The van der Waals surface area contributed by atoms with Gasteiger partial charge in [-0.1, -0.05) is 0 Å². The first-order valence-electron chi connectivity index (χ1n) is 8.55. The van der Waals surface area contributed by atoms with E-state index in [2.05, 4.69) is 10.6 Å². The van der Waals surface area contributed by atoms with Gasteiger partial charge in [0.2, 0.25) is 0 Å². The largest absolute Gasteiger partial charge is 0.459 e. The van der Waals surface area contributed by atoms with E-state index in [9.17, 15) is 14.4 Å². The Morgan fingerprint density at radius 2 is 1.72 bits per heavy atom. The van der Waals surface area contributed by atoms with E-state index in [4.69, 9.17) is 4.74 Å². The minimum atomic E-state index is -0.390. The van der Waals surface area contributed by atoms with Crippen molar-refractivity contribution < 1.29 is 24.0 Å². The number of benzene rings is 1. The Balaban J connectivity index is 1.77. The number of hydrogen-bond donors (Lipinski definition) is 3. The van der Waals surface area contributed by atoms with Crippen molar-refractivity contribution in [2.24, 2.45) is 0 Å². The second kappa shape index (κ2) is 8.62. The molecule has 1 atom stereocenters. The molecule has 0 aromatic heterocycles. The predicted molar refractivity (Wildman–Crippen MR) is 93.4 cm³/mol. The van der Waals surface area contributed by atoms with Crippen molar-refractivity contribution in [2.75, 3.05) is 25.5 Å². The standard InChI is InChI=1S/C18H25N3O4/c1-12(2)25-18(24)13-4-6-14(7-5-13)19-16(22)10-21(3)11-17(23)20-15-8-9-15/h4-7,12,15H,8-11H2,1-3H3,(H,19,22)(H,20,23)/p+1. The van der Waals surface area contributed by atoms with E-state index in [0.29, 0.717) is 17.3 Å². The number of carbonyl (C=O) groups excluding carboxylic acids is 3. The first-order valence-corrected chi connectivity index (χ1v) is 8.55. The third-order valence-corrected chi connectivity index (χ3v) is 3.61. The number of likely N-dealkylation sites (N-methyl/N-ethyl adjacent to an activating group) is 1. The Bertz CT molecular complexity index is 624. The van der Waals surface area contributed by atoms with E-state index in [-0.39, 0.29) is 31.0 Å². The van der Waals surface area contributed by atoms with Crippen LogP contribution in [0.5, 0.6) is 0 Å². The summed E-state index contributed by atoms with van der Waals surface area (Å²) < 4.78 is 5.11. The molecule has 1 aromatic carbocycles. The fourth-order valence-electron chi connectivity index (χ4n) is 2.29. The molecule has 1 aliphatic carbocycles. The summed E-state index contributed by atoms with van der Waals surface area (Å²) in [7, 11) is 1.80. The van der Waals surface area contributed by atoms with Crippen molar-refractivity contribution in [2.45, 2.75) is 38.8 Å². The molecule has 1 fully saturated rings. The van der Waals surface area contributed by atoms with Crippen LogP contribution in [-0.2, 0) is 14.3 Å². The van der Waals surface area contributed by atoms with Gasteiger partial charge in [0, 0.05) is 11.7 Å². The van der Waals surface area contributed by atoms with Crippen LogP contribution in [0.15, 0.2) is 24.3 Å². The molecule has 1 unspecified atom stereocenters. The Morgan fingerprint density at radius 1 is 1.12 bits per heavy atom. The molecule has 0 aliphatic heterocycles. The van der Waals surface area contributed by atoms with Gasteiger partial charge in [0.1, 0.15) is 0 Å². The molecule has 136 valence electrons. The average molecular weight is 348 g/mol. The second-order valence-corrected chi connectivity index (χ2v) is 6.73. The monoisotopic (exact) mass is 348 g/mol. The molecule has 3 N–H and O–H groups in total. The molecule has 7 heteroatoms. The normalized spacial score (nSPS) is 14.7. The Labute approximate surface area is 147 Å². The van der Waals surface area contributed by atoms with Crippen LogP contribution in [0.1, 0.15) is 37.0 Å². The number of rotatable bonds is 8. The van der Waals surface area contributed by atoms with Crippen molar-refractivity contribution in [3.8, 4) is 0 Å². The molecule has 25 heavy (non-hydrogen) atoms. The van der Waals surface area contributed by atoms with Crippen LogP contribution in [0, 0.1) is 0 Å². The van der Waals surface area contributed by atoms with Crippen LogP contribution in [0.2, 0.25) is 0 Å². The summed E-state index contributed by atoms with van der Waals surface area (Å²) in [6, 6.07) is 6.86. The van der Waals surface area contributed by atoms with E-state index in [1.165, 1.54) is 0 Å². The van der Waals surface area contributed by atoms with Crippen LogP contribution >= 0.6 is 0 Å². The number of nitrogens with one attached hydrogen (secondary N) is 3. The Kier molecular flexibility index (Phi) is 6.52. The van der Waals surface area contributed by atoms with Crippen molar-refractivity contribution in [1.82, 2.24) is 5.32 Å². The number of hydrogen-bond acceptors (Lipinski definition) is 4. The summed E-state index contributed by atoms with van der Waals surface area (Å²) in [6.45, 7) is 4.03. The third kappa shape index (κ3) is 6.93. The number of amides is 2. The highest BCUT2D eigenvalue weighted by Gasteiger charge is 2.24. The summed E-state index contributed by atoms with van der Waals surface area (Å²) in [5.41, 5.74) is 1.03. The summed E-state index contributed by atoms with van der Waals surface area (Å²) in [5, 5.41) is 5.67. The van der Waals surface area contributed by atoms with Gasteiger partial charge < -0.3 is 20.3 Å². The molecular weight excluding hydrogens is 322 g/mol. The molecule has 0 radical (unpaired) electrons. The number of carbonyl (C=O) groups is 3. The van der Waals surface area contributed by atoms with Crippen LogP contribution in [0.4, 0.5) is 5.69 Å². The fraction of sp³-hybridized carbons (Fsp3) is 0.500. The molecule has 0 bridgehead atoms. The zero-order valence-corrected chi connectivity index (χ0v) is 14.9. The molecule has 1 saturated carbocycles. The second-order valence-electron chi connectivity index (χ2n) is 6.73. The SMILES string of the molecule is CC(C)OC(=O)c1ccc(NC(=O)C[NH+](C)CC(=O)NC2CC2)cc1. The maximum absolute atomic E-state index is 12.0. The van der Waals surface area contributed by atoms with Crippen molar-refractivity contribution in [3.05, 3.63) is 29.8 Å². The predicted octanol–water partition coefficient (Wildman–Crippen LogP) is -0.0164. The molecule has 1 aromatic rings. The molecule has 7 nitrogen and oxygen atoms in total.